The molecule has 0 aliphatic carbocycles. The van der Waals surface area contributed by atoms with E-state index in [0.717, 1.165) is 22.0 Å². The van der Waals surface area contributed by atoms with Crippen LogP contribution in [0.15, 0.2) is 60.7 Å². The number of ether oxygens (including phenoxy) is 1. The highest BCUT2D eigenvalue weighted by molar-refractivity contribution is 6.35. The molecule has 5 nitrogen and oxygen atoms in total. The van der Waals surface area contributed by atoms with Crippen molar-refractivity contribution >= 4 is 34.0 Å². The second-order valence-electron chi connectivity index (χ2n) is 5.83. The molecule has 0 amide bonds. The first kappa shape index (κ1) is 21.9. The number of carbonyl (C=O) groups is 1. The normalized spacial score (nSPS) is 9.76. The largest absolute Gasteiger partial charge is 0.464 e. The number of hydrogen-bond acceptors (Lipinski definition) is 5. The maximum atomic E-state index is 11.7. The van der Waals surface area contributed by atoms with Gasteiger partial charge >= 0.3 is 5.97 Å². The summed E-state index contributed by atoms with van der Waals surface area (Å²) in [7, 11) is 1.32. The van der Waals surface area contributed by atoms with Gasteiger partial charge in [0.1, 0.15) is 5.69 Å². The number of carbonyl (C=O) groups excluding carboxylic acids is 1. The van der Waals surface area contributed by atoms with Gasteiger partial charge in [-0.1, -0.05) is 56.3 Å². The van der Waals surface area contributed by atoms with E-state index >= 15 is 0 Å². The van der Waals surface area contributed by atoms with E-state index in [-0.39, 0.29) is 5.69 Å². The van der Waals surface area contributed by atoms with Crippen LogP contribution < -0.4 is 5.32 Å². The maximum Gasteiger partial charge on any atom is 0.356 e. The minimum atomic E-state index is -0.488. The number of pyridine rings is 1. The van der Waals surface area contributed by atoms with Crippen molar-refractivity contribution in [2.24, 2.45) is 0 Å². The Kier molecular flexibility index (Phi) is 7.76. The topological polar surface area (TPSA) is 75.0 Å². The van der Waals surface area contributed by atoms with Gasteiger partial charge in [0, 0.05) is 23.1 Å². The minimum absolute atomic E-state index is 0.241. The summed E-state index contributed by atoms with van der Waals surface area (Å²) in [6.45, 7) is 7.98. The summed E-state index contributed by atoms with van der Waals surface area (Å²) < 4.78 is 4.73. The molecule has 1 aromatic heterocycles. The number of fused-ring (bicyclic) bond motifs is 1. The Morgan fingerprint density at radius 2 is 1.97 bits per heavy atom. The quantitative estimate of drug-likeness (QED) is 0.423. The van der Waals surface area contributed by atoms with Crippen molar-refractivity contribution in [3.8, 4) is 17.3 Å². The zero-order chi connectivity index (χ0) is 21.4. The standard InChI is InChI=1S/C21H16ClN3O2.C2H6/c1-13(11-23)12-24-20-16-10-15(7-6-14(16)8-9-17(20)22)18-4-3-5-19(25-18)21(26)27-2;1-2/h3-10,24H,1,12H2,2H3;1-2H3. The lowest BCUT2D eigenvalue weighted by atomic mass is 10.0. The summed E-state index contributed by atoms with van der Waals surface area (Å²) in [6, 6.07) is 16.7. The van der Waals surface area contributed by atoms with E-state index in [1.165, 1.54) is 7.11 Å². The van der Waals surface area contributed by atoms with E-state index in [4.69, 9.17) is 21.6 Å². The van der Waals surface area contributed by atoms with Crippen LogP contribution in [0.4, 0.5) is 5.69 Å². The highest BCUT2D eigenvalue weighted by Crippen LogP contribution is 2.34. The van der Waals surface area contributed by atoms with Gasteiger partial charge in [-0.2, -0.15) is 5.26 Å². The van der Waals surface area contributed by atoms with Crippen molar-refractivity contribution in [1.29, 1.82) is 5.26 Å². The Bertz CT molecular complexity index is 1090. The third-order valence-electron chi connectivity index (χ3n) is 4.05. The maximum absolute atomic E-state index is 11.7. The van der Waals surface area contributed by atoms with E-state index < -0.39 is 5.97 Å². The van der Waals surface area contributed by atoms with Crippen LogP contribution in [0.5, 0.6) is 0 Å². The molecular formula is C23H22ClN3O2. The third kappa shape index (κ3) is 5.13. The molecular weight excluding hydrogens is 386 g/mol. The Morgan fingerprint density at radius 1 is 1.24 bits per heavy atom. The number of anilines is 1. The zero-order valence-electron chi connectivity index (χ0n) is 16.6. The molecule has 1 heterocycles. The van der Waals surface area contributed by atoms with Crippen molar-refractivity contribution in [3.63, 3.8) is 0 Å². The first-order valence-corrected chi connectivity index (χ1v) is 9.51. The predicted molar refractivity (Wildman–Crippen MR) is 118 cm³/mol. The summed E-state index contributed by atoms with van der Waals surface area (Å²) in [5, 5.41) is 14.5. The predicted octanol–water partition coefficient (Wildman–Crippen LogP) is 5.86. The molecule has 3 rings (SSSR count). The van der Waals surface area contributed by atoms with E-state index in [1.54, 1.807) is 18.2 Å². The summed E-state index contributed by atoms with van der Waals surface area (Å²) in [5.74, 6) is -0.488. The molecule has 0 unspecified atom stereocenters. The van der Waals surface area contributed by atoms with Crippen molar-refractivity contribution in [2.75, 3.05) is 19.0 Å². The van der Waals surface area contributed by atoms with Crippen molar-refractivity contribution in [1.82, 2.24) is 4.98 Å². The average Bonchev–Trinajstić information content (AvgIpc) is 2.78. The molecule has 29 heavy (non-hydrogen) atoms. The number of halogens is 1. The first-order chi connectivity index (χ1) is 14.0. The molecule has 0 spiro atoms. The Balaban J connectivity index is 0.00000145. The monoisotopic (exact) mass is 407 g/mol. The van der Waals surface area contributed by atoms with Crippen LogP contribution in [-0.4, -0.2) is 24.6 Å². The smallest absolute Gasteiger partial charge is 0.356 e. The lowest BCUT2D eigenvalue weighted by Gasteiger charge is -2.13. The first-order valence-electron chi connectivity index (χ1n) is 9.13. The third-order valence-corrected chi connectivity index (χ3v) is 4.36. The van der Waals surface area contributed by atoms with Gasteiger partial charge in [-0.15, -0.1) is 0 Å². The number of rotatable bonds is 5. The Labute approximate surface area is 175 Å². The Morgan fingerprint density at radius 3 is 2.66 bits per heavy atom. The van der Waals surface area contributed by atoms with E-state index in [0.29, 0.717) is 22.8 Å². The lowest BCUT2D eigenvalue weighted by molar-refractivity contribution is 0.0594. The molecule has 0 saturated heterocycles. The molecule has 2 aromatic carbocycles. The summed E-state index contributed by atoms with van der Waals surface area (Å²) in [4.78, 5) is 16.1. The van der Waals surface area contributed by atoms with Gasteiger partial charge in [0.05, 0.1) is 29.6 Å². The van der Waals surface area contributed by atoms with Crippen molar-refractivity contribution in [2.45, 2.75) is 13.8 Å². The minimum Gasteiger partial charge on any atom is -0.464 e. The Hall–Kier alpha value is -3.36. The molecule has 0 aliphatic heterocycles. The van der Waals surface area contributed by atoms with Crippen LogP contribution in [0.25, 0.3) is 22.0 Å². The molecule has 0 saturated carbocycles. The number of aromatic nitrogens is 1. The van der Waals surface area contributed by atoms with E-state index in [9.17, 15) is 4.79 Å². The molecule has 0 atom stereocenters. The second kappa shape index (κ2) is 10.3. The zero-order valence-corrected chi connectivity index (χ0v) is 17.4. The van der Waals surface area contributed by atoms with Gasteiger partial charge in [0.2, 0.25) is 0 Å². The van der Waals surface area contributed by atoms with Gasteiger partial charge in [0.15, 0.2) is 0 Å². The van der Waals surface area contributed by atoms with Gasteiger partial charge in [0.25, 0.3) is 0 Å². The fraction of sp³-hybridized carbons (Fsp3) is 0.174. The van der Waals surface area contributed by atoms with E-state index in [2.05, 4.69) is 16.9 Å². The molecule has 6 heteroatoms. The fourth-order valence-electron chi connectivity index (χ4n) is 2.68. The van der Waals surface area contributed by atoms with Gasteiger partial charge in [-0.3, -0.25) is 0 Å². The van der Waals surface area contributed by atoms with Gasteiger partial charge in [-0.25, -0.2) is 9.78 Å². The molecule has 0 fully saturated rings. The van der Waals surface area contributed by atoms with Gasteiger partial charge < -0.3 is 10.1 Å². The average molecular weight is 408 g/mol. The summed E-state index contributed by atoms with van der Waals surface area (Å²) in [6.07, 6.45) is 0. The van der Waals surface area contributed by atoms with Crippen molar-refractivity contribution in [3.05, 3.63) is 71.4 Å². The number of nitriles is 1. The molecule has 148 valence electrons. The number of methoxy groups -OCH3 is 1. The number of esters is 1. The molecule has 0 bridgehead atoms. The highest BCUT2D eigenvalue weighted by atomic mass is 35.5. The fourth-order valence-corrected chi connectivity index (χ4v) is 2.91. The van der Waals surface area contributed by atoms with Crippen LogP contribution in [0.3, 0.4) is 0 Å². The number of benzene rings is 2. The number of nitrogens with zero attached hydrogens (tertiary/aromatic N) is 2. The molecule has 0 aliphatic rings. The number of nitrogens with one attached hydrogen (secondary N) is 1. The molecule has 3 aromatic rings. The highest BCUT2D eigenvalue weighted by Gasteiger charge is 2.11. The van der Waals surface area contributed by atoms with Gasteiger partial charge in [-0.05, 0) is 29.7 Å². The summed E-state index contributed by atoms with van der Waals surface area (Å²) >= 11 is 6.36. The number of hydrogen-bond donors (Lipinski definition) is 1. The van der Waals surface area contributed by atoms with Crippen LogP contribution in [0.2, 0.25) is 5.02 Å². The lowest BCUT2D eigenvalue weighted by Crippen LogP contribution is -2.05. The van der Waals surface area contributed by atoms with E-state index in [1.807, 2.05) is 50.2 Å². The SMILES string of the molecule is C=C(C#N)CNc1c(Cl)ccc2ccc(-c3cccc(C(=O)OC)n3)cc12.CC. The van der Waals surface area contributed by atoms with Crippen LogP contribution in [0, 0.1) is 11.3 Å². The van der Waals surface area contributed by atoms with Crippen LogP contribution in [0.1, 0.15) is 24.3 Å². The molecule has 0 radical (unpaired) electrons. The second-order valence-corrected chi connectivity index (χ2v) is 6.23. The van der Waals surface area contributed by atoms with Crippen molar-refractivity contribution < 1.29 is 9.53 Å². The molecule has 1 N–H and O–H groups in total. The summed E-state index contributed by atoms with van der Waals surface area (Å²) in [5.41, 5.74) is 2.85. The van der Waals surface area contributed by atoms with Crippen LogP contribution >= 0.6 is 11.6 Å². The van der Waals surface area contributed by atoms with Crippen LogP contribution in [-0.2, 0) is 4.74 Å².